The van der Waals surface area contributed by atoms with Gasteiger partial charge in [-0.25, -0.2) is 0 Å². The molecule has 116 valence electrons. The van der Waals surface area contributed by atoms with Crippen LogP contribution in [0.3, 0.4) is 0 Å². The minimum absolute atomic E-state index is 0.0264. The Morgan fingerprint density at radius 1 is 1.18 bits per heavy atom. The maximum Gasteiger partial charge on any atom is 0.258 e. The number of carbonyl (C=O) groups is 1. The van der Waals surface area contributed by atoms with Gasteiger partial charge in [0, 0.05) is 0 Å². The van der Waals surface area contributed by atoms with E-state index in [2.05, 4.69) is 24.4 Å². The van der Waals surface area contributed by atoms with Crippen molar-refractivity contribution in [2.75, 3.05) is 6.61 Å². The minimum atomic E-state index is -0.227. The van der Waals surface area contributed by atoms with Gasteiger partial charge in [-0.3, -0.25) is 4.79 Å². The van der Waals surface area contributed by atoms with E-state index in [1.54, 1.807) is 18.2 Å². The zero-order valence-electron chi connectivity index (χ0n) is 12.9. The summed E-state index contributed by atoms with van der Waals surface area (Å²) < 4.78 is 5.31. The van der Waals surface area contributed by atoms with Crippen molar-refractivity contribution in [3.63, 3.8) is 0 Å². The van der Waals surface area contributed by atoms with E-state index in [0.717, 1.165) is 12.0 Å². The van der Waals surface area contributed by atoms with Crippen LogP contribution in [0.1, 0.15) is 31.0 Å². The van der Waals surface area contributed by atoms with Gasteiger partial charge in [0.1, 0.15) is 0 Å². The van der Waals surface area contributed by atoms with Gasteiger partial charge >= 0.3 is 0 Å². The highest BCUT2D eigenvalue weighted by molar-refractivity contribution is 5.78. The first-order chi connectivity index (χ1) is 10.6. The van der Waals surface area contributed by atoms with Crippen LogP contribution in [0.2, 0.25) is 0 Å². The molecule has 2 rings (SSSR count). The molecular formula is C18H21NO3. The van der Waals surface area contributed by atoms with Crippen LogP contribution in [0, 0.1) is 0 Å². The Balaban J connectivity index is 1.87. The SMILES string of the molecule is CCc1ccc(C(C)NC(=O)COc2ccccc2O)cc1. The van der Waals surface area contributed by atoms with Crippen molar-refractivity contribution in [3.8, 4) is 11.5 Å². The molecule has 2 aromatic rings. The van der Waals surface area contributed by atoms with Gasteiger partial charge in [0.15, 0.2) is 18.1 Å². The van der Waals surface area contributed by atoms with Gasteiger partial charge in [-0.1, -0.05) is 43.3 Å². The first-order valence-corrected chi connectivity index (χ1v) is 7.39. The molecule has 22 heavy (non-hydrogen) atoms. The van der Waals surface area contributed by atoms with Gasteiger partial charge < -0.3 is 15.2 Å². The van der Waals surface area contributed by atoms with Crippen LogP contribution in [0.15, 0.2) is 48.5 Å². The summed E-state index contributed by atoms with van der Waals surface area (Å²) in [5.74, 6) is 0.103. The minimum Gasteiger partial charge on any atom is -0.504 e. The molecule has 0 aromatic heterocycles. The summed E-state index contributed by atoms with van der Waals surface area (Å²) in [6.45, 7) is 3.91. The monoisotopic (exact) mass is 299 g/mol. The summed E-state index contributed by atoms with van der Waals surface area (Å²) in [5.41, 5.74) is 2.32. The lowest BCUT2D eigenvalue weighted by molar-refractivity contribution is -0.123. The zero-order valence-corrected chi connectivity index (χ0v) is 12.9. The third kappa shape index (κ3) is 4.25. The van der Waals surface area contributed by atoms with Crippen molar-refractivity contribution in [2.45, 2.75) is 26.3 Å². The number of para-hydroxylation sites is 2. The summed E-state index contributed by atoms with van der Waals surface area (Å²) in [5, 5.41) is 12.5. The fraction of sp³-hybridized carbons (Fsp3) is 0.278. The molecule has 4 heteroatoms. The Morgan fingerprint density at radius 3 is 2.50 bits per heavy atom. The highest BCUT2D eigenvalue weighted by Gasteiger charge is 2.11. The van der Waals surface area contributed by atoms with E-state index in [1.165, 1.54) is 11.6 Å². The Kier molecular flexibility index (Phi) is 5.42. The molecule has 0 aliphatic heterocycles. The summed E-state index contributed by atoms with van der Waals surface area (Å²) in [7, 11) is 0. The number of aryl methyl sites for hydroxylation is 1. The lowest BCUT2D eigenvalue weighted by Gasteiger charge is -2.15. The fourth-order valence-corrected chi connectivity index (χ4v) is 2.13. The highest BCUT2D eigenvalue weighted by Crippen LogP contribution is 2.24. The summed E-state index contributed by atoms with van der Waals surface area (Å²) in [6.07, 6.45) is 0.995. The average Bonchev–Trinajstić information content (AvgIpc) is 2.54. The second kappa shape index (κ2) is 7.50. The third-order valence-electron chi connectivity index (χ3n) is 3.49. The number of aromatic hydroxyl groups is 1. The van der Waals surface area contributed by atoms with Crippen LogP contribution in [-0.2, 0) is 11.2 Å². The first-order valence-electron chi connectivity index (χ1n) is 7.39. The fourth-order valence-electron chi connectivity index (χ4n) is 2.13. The van der Waals surface area contributed by atoms with Crippen molar-refractivity contribution < 1.29 is 14.6 Å². The maximum absolute atomic E-state index is 11.9. The van der Waals surface area contributed by atoms with E-state index >= 15 is 0 Å². The second-order valence-corrected chi connectivity index (χ2v) is 5.14. The van der Waals surface area contributed by atoms with Crippen LogP contribution in [0.4, 0.5) is 0 Å². The maximum atomic E-state index is 11.9. The Labute approximate surface area is 130 Å². The van der Waals surface area contributed by atoms with Crippen LogP contribution in [0.25, 0.3) is 0 Å². The number of hydrogen-bond donors (Lipinski definition) is 2. The van der Waals surface area contributed by atoms with Crippen molar-refractivity contribution in [1.82, 2.24) is 5.32 Å². The Bertz CT molecular complexity index is 622. The molecule has 0 aliphatic rings. The van der Waals surface area contributed by atoms with Gasteiger partial charge in [-0.2, -0.15) is 0 Å². The number of benzene rings is 2. The number of nitrogens with one attached hydrogen (secondary N) is 1. The number of hydrogen-bond acceptors (Lipinski definition) is 3. The molecule has 0 heterocycles. The number of carbonyl (C=O) groups excluding carboxylic acids is 1. The first kappa shape index (κ1) is 15.9. The Morgan fingerprint density at radius 2 is 1.86 bits per heavy atom. The summed E-state index contributed by atoms with van der Waals surface area (Å²) in [4.78, 5) is 11.9. The van der Waals surface area contributed by atoms with E-state index in [4.69, 9.17) is 4.74 Å². The van der Waals surface area contributed by atoms with Crippen LogP contribution in [0.5, 0.6) is 11.5 Å². The lowest BCUT2D eigenvalue weighted by Crippen LogP contribution is -2.31. The molecule has 0 saturated heterocycles. The number of rotatable bonds is 6. The average molecular weight is 299 g/mol. The highest BCUT2D eigenvalue weighted by atomic mass is 16.5. The third-order valence-corrected chi connectivity index (χ3v) is 3.49. The predicted octanol–water partition coefficient (Wildman–Crippen LogP) is 3.21. The van der Waals surface area contributed by atoms with E-state index in [0.29, 0.717) is 5.75 Å². The molecule has 1 atom stereocenters. The Hall–Kier alpha value is -2.49. The normalized spacial score (nSPS) is 11.7. The quantitative estimate of drug-likeness (QED) is 0.861. The molecule has 0 fully saturated rings. The van der Waals surface area contributed by atoms with E-state index in [-0.39, 0.29) is 24.3 Å². The predicted molar refractivity (Wildman–Crippen MR) is 86.0 cm³/mol. The number of phenolic OH excluding ortho intramolecular Hbond substituents is 1. The zero-order chi connectivity index (χ0) is 15.9. The molecule has 1 unspecified atom stereocenters. The van der Waals surface area contributed by atoms with Gasteiger partial charge in [0.25, 0.3) is 5.91 Å². The molecule has 1 amide bonds. The van der Waals surface area contributed by atoms with Crippen molar-refractivity contribution in [1.29, 1.82) is 0 Å². The second-order valence-electron chi connectivity index (χ2n) is 5.14. The molecular weight excluding hydrogens is 278 g/mol. The standard InChI is InChI=1S/C18H21NO3/c1-3-14-8-10-15(11-9-14)13(2)19-18(21)12-22-17-7-5-4-6-16(17)20/h4-11,13,20H,3,12H2,1-2H3,(H,19,21). The smallest absolute Gasteiger partial charge is 0.258 e. The van der Waals surface area contributed by atoms with Crippen molar-refractivity contribution >= 4 is 5.91 Å². The van der Waals surface area contributed by atoms with Crippen molar-refractivity contribution in [3.05, 3.63) is 59.7 Å². The molecule has 0 bridgehead atoms. The molecule has 0 radical (unpaired) electrons. The van der Waals surface area contributed by atoms with Gasteiger partial charge in [0.05, 0.1) is 6.04 Å². The molecule has 0 saturated carbocycles. The summed E-state index contributed by atoms with van der Waals surface area (Å²) in [6, 6.07) is 14.7. The summed E-state index contributed by atoms with van der Waals surface area (Å²) >= 11 is 0. The van der Waals surface area contributed by atoms with Gasteiger partial charge in [-0.05, 0) is 36.6 Å². The molecule has 0 spiro atoms. The molecule has 4 nitrogen and oxygen atoms in total. The topological polar surface area (TPSA) is 58.6 Å². The van der Waals surface area contributed by atoms with Crippen LogP contribution in [-0.4, -0.2) is 17.6 Å². The lowest BCUT2D eigenvalue weighted by atomic mass is 10.1. The largest absolute Gasteiger partial charge is 0.504 e. The van der Waals surface area contributed by atoms with Crippen LogP contribution >= 0.6 is 0 Å². The number of phenols is 1. The number of amides is 1. The van der Waals surface area contributed by atoms with Crippen LogP contribution < -0.4 is 10.1 Å². The molecule has 0 aliphatic carbocycles. The molecule has 2 aromatic carbocycles. The van der Waals surface area contributed by atoms with Gasteiger partial charge in [0.2, 0.25) is 0 Å². The van der Waals surface area contributed by atoms with E-state index in [1.807, 2.05) is 19.1 Å². The molecule has 2 N–H and O–H groups in total. The van der Waals surface area contributed by atoms with Crippen molar-refractivity contribution in [2.24, 2.45) is 0 Å². The van der Waals surface area contributed by atoms with Gasteiger partial charge in [-0.15, -0.1) is 0 Å². The number of ether oxygens (including phenoxy) is 1. The van der Waals surface area contributed by atoms with E-state index in [9.17, 15) is 9.90 Å². The van der Waals surface area contributed by atoms with E-state index < -0.39 is 0 Å².